The quantitative estimate of drug-likeness (QED) is 0.878. The van der Waals surface area contributed by atoms with E-state index in [1.54, 1.807) is 0 Å². The topological polar surface area (TPSA) is 54.0 Å². The van der Waals surface area contributed by atoms with Gasteiger partial charge in [0.1, 0.15) is 0 Å². The van der Waals surface area contributed by atoms with E-state index >= 15 is 0 Å². The van der Waals surface area contributed by atoms with Crippen molar-refractivity contribution in [3.8, 4) is 11.5 Å². The maximum absolute atomic E-state index is 12.3. The van der Waals surface area contributed by atoms with Gasteiger partial charge in [0.05, 0.1) is 19.3 Å². The number of carbonyl (C=O) groups excluding carboxylic acids is 1. The first-order chi connectivity index (χ1) is 12.1. The van der Waals surface area contributed by atoms with E-state index in [4.69, 9.17) is 9.47 Å². The molecule has 1 aromatic carbocycles. The maximum Gasteiger partial charge on any atom is 0.221 e. The summed E-state index contributed by atoms with van der Waals surface area (Å²) in [7, 11) is 2.14. The Balaban J connectivity index is 1.49. The number of fused-ring (bicyclic) bond motifs is 1. The Kier molecular flexibility index (Phi) is 6.15. The summed E-state index contributed by atoms with van der Waals surface area (Å²) in [5, 5.41) is 3.09. The van der Waals surface area contributed by atoms with Gasteiger partial charge in [-0.2, -0.15) is 0 Å². The van der Waals surface area contributed by atoms with E-state index in [0.29, 0.717) is 19.6 Å². The minimum absolute atomic E-state index is 0.0443. The van der Waals surface area contributed by atoms with Gasteiger partial charge in [-0.15, -0.1) is 0 Å². The molecule has 6 heteroatoms. The van der Waals surface area contributed by atoms with Crippen molar-refractivity contribution in [2.24, 2.45) is 0 Å². The number of amides is 1. The molecule has 2 aliphatic rings. The molecule has 2 heterocycles. The van der Waals surface area contributed by atoms with Gasteiger partial charge in [0.2, 0.25) is 5.91 Å². The predicted octanol–water partition coefficient (Wildman–Crippen LogP) is 1.66. The molecule has 0 unspecified atom stereocenters. The zero-order valence-corrected chi connectivity index (χ0v) is 15.3. The van der Waals surface area contributed by atoms with Crippen LogP contribution in [0.2, 0.25) is 0 Å². The number of carbonyl (C=O) groups is 1. The van der Waals surface area contributed by atoms with Crippen LogP contribution in [0.25, 0.3) is 0 Å². The summed E-state index contributed by atoms with van der Waals surface area (Å²) in [6.45, 7) is 8.43. The summed E-state index contributed by atoms with van der Waals surface area (Å²) >= 11 is 0. The van der Waals surface area contributed by atoms with Crippen LogP contribution in [-0.4, -0.2) is 68.7 Å². The minimum Gasteiger partial charge on any atom is -0.490 e. The van der Waals surface area contributed by atoms with Crippen molar-refractivity contribution in [3.63, 3.8) is 0 Å². The van der Waals surface area contributed by atoms with Crippen molar-refractivity contribution in [3.05, 3.63) is 23.8 Å². The van der Waals surface area contributed by atoms with Crippen LogP contribution in [0.15, 0.2) is 18.2 Å². The van der Waals surface area contributed by atoms with Crippen LogP contribution in [0, 0.1) is 0 Å². The summed E-state index contributed by atoms with van der Waals surface area (Å²) in [5.74, 6) is 1.65. The second-order valence-corrected chi connectivity index (χ2v) is 6.94. The largest absolute Gasteiger partial charge is 0.490 e. The molecule has 0 radical (unpaired) electrons. The number of nitrogens with one attached hydrogen (secondary N) is 1. The molecular formula is C19H29N3O3. The van der Waals surface area contributed by atoms with Crippen molar-refractivity contribution < 1.29 is 14.3 Å². The van der Waals surface area contributed by atoms with Crippen molar-refractivity contribution >= 4 is 5.91 Å². The standard InChI is InChI=1S/C19H29N3O3/c1-15(16-4-5-17-18(14-16)25-13-3-12-24-17)20-19(23)6-7-22-10-8-21(2)9-11-22/h4-5,14-15H,3,6-13H2,1-2H3,(H,20,23)/t15-/m0/s1. The Morgan fingerprint density at radius 3 is 2.64 bits per heavy atom. The van der Waals surface area contributed by atoms with Crippen LogP contribution in [-0.2, 0) is 4.79 Å². The van der Waals surface area contributed by atoms with Gasteiger partial charge < -0.3 is 24.6 Å². The zero-order chi connectivity index (χ0) is 17.6. The lowest BCUT2D eigenvalue weighted by Gasteiger charge is -2.32. The summed E-state index contributed by atoms with van der Waals surface area (Å²) in [6, 6.07) is 5.87. The highest BCUT2D eigenvalue weighted by Crippen LogP contribution is 2.32. The van der Waals surface area contributed by atoms with Crippen molar-refractivity contribution in [2.45, 2.75) is 25.8 Å². The summed E-state index contributed by atoms with van der Waals surface area (Å²) in [5.41, 5.74) is 1.04. The van der Waals surface area contributed by atoms with Crippen LogP contribution in [0.3, 0.4) is 0 Å². The molecule has 1 fully saturated rings. The first-order valence-electron chi connectivity index (χ1n) is 9.21. The molecule has 0 aromatic heterocycles. The van der Waals surface area contributed by atoms with Crippen LogP contribution in [0.5, 0.6) is 11.5 Å². The maximum atomic E-state index is 12.3. The summed E-state index contributed by atoms with van der Waals surface area (Å²) in [4.78, 5) is 17.0. The van der Waals surface area contributed by atoms with Crippen LogP contribution in [0.4, 0.5) is 0 Å². The van der Waals surface area contributed by atoms with Crippen molar-refractivity contribution in [1.82, 2.24) is 15.1 Å². The second kappa shape index (κ2) is 8.54. The van der Waals surface area contributed by atoms with E-state index in [0.717, 1.165) is 56.2 Å². The third-order valence-corrected chi connectivity index (χ3v) is 4.90. The Labute approximate surface area is 150 Å². The molecule has 0 bridgehead atoms. The van der Waals surface area contributed by atoms with Gasteiger partial charge in [-0.1, -0.05) is 6.07 Å². The summed E-state index contributed by atoms with van der Waals surface area (Å²) < 4.78 is 11.4. The molecule has 3 rings (SSSR count). The number of hydrogen-bond donors (Lipinski definition) is 1. The van der Waals surface area contributed by atoms with Crippen LogP contribution in [0.1, 0.15) is 31.4 Å². The first kappa shape index (κ1) is 18.0. The van der Waals surface area contributed by atoms with E-state index in [-0.39, 0.29) is 11.9 Å². The molecule has 6 nitrogen and oxygen atoms in total. The molecule has 1 N–H and O–H groups in total. The van der Waals surface area contributed by atoms with Crippen LogP contribution >= 0.6 is 0 Å². The molecule has 25 heavy (non-hydrogen) atoms. The summed E-state index contributed by atoms with van der Waals surface area (Å²) in [6.07, 6.45) is 1.43. The molecule has 0 aliphatic carbocycles. The monoisotopic (exact) mass is 347 g/mol. The van der Waals surface area contributed by atoms with E-state index in [9.17, 15) is 4.79 Å². The lowest BCUT2D eigenvalue weighted by Crippen LogP contribution is -2.45. The Morgan fingerprint density at radius 2 is 1.88 bits per heavy atom. The lowest BCUT2D eigenvalue weighted by atomic mass is 10.1. The van der Waals surface area contributed by atoms with Gasteiger partial charge in [0.25, 0.3) is 0 Å². The minimum atomic E-state index is -0.0443. The Hall–Kier alpha value is -1.79. The van der Waals surface area contributed by atoms with Crippen molar-refractivity contribution in [2.75, 3.05) is 53.0 Å². The number of likely N-dealkylation sites (N-methyl/N-ethyl adjacent to an activating group) is 1. The third kappa shape index (κ3) is 5.09. The van der Waals surface area contributed by atoms with Crippen molar-refractivity contribution in [1.29, 1.82) is 0 Å². The average Bonchev–Trinajstić information content (AvgIpc) is 2.86. The number of hydrogen-bond acceptors (Lipinski definition) is 5. The molecule has 1 aromatic rings. The molecule has 2 aliphatic heterocycles. The zero-order valence-electron chi connectivity index (χ0n) is 15.3. The van der Waals surface area contributed by atoms with Crippen LogP contribution < -0.4 is 14.8 Å². The molecule has 138 valence electrons. The third-order valence-electron chi connectivity index (χ3n) is 4.90. The SMILES string of the molecule is C[C@H](NC(=O)CCN1CCN(C)CC1)c1ccc2c(c1)OCCCO2. The highest BCUT2D eigenvalue weighted by Gasteiger charge is 2.17. The molecule has 1 amide bonds. The van der Waals surface area contributed by atoms with Gasteiger partial charge in [-0.05, 0) is 31.7 Å². The van der Waals surface area contributed by atoms with E-state index < -0.39 is 0 Å². The second-order valence-electron chi connectivity index (χ2n) is 6.94. The average molecular weight is 347 g/mol. The first-order valence-corrected chi connectivity index (χ1v) is 9.21. The highest BCUT2D eigenvalue weighted by atomic mass is 16.5. The van der Waals surface area contributed by atoms with Gasteiger partial charge in [-0.25, -0.2) is 0 Å². The van der Waals surface area contributed by atoms with Gasteiger partial charge in [0.15, 0.2) is 11.5 Å². The fraction of sp³-hybridized carbons (Fsp3) is 0.632. The van der Waals surface area contributed by atoms with Gasteiger partial charge in [-0.3, -0.25) is 4.79 Å². The lowest BCUT2D eigenvalue weighted by molar-refractivity contribution is -0.122. The highest BCUT2D eigenvalue weighted by molar-refractivity contribution is 5.76. The molecule has 1 saturated heterocycles. The molecule has 0 saturated carbocycles. The van der Waals surface area contributed by atoms with E-state index in [2.05, 4.69) is 22.2 Å². The number of ether oxygens (including phenoxy) is 2. The van der Waals surface area contributed by atoms with Gasteiger partial charge >= 0.3 is 0 Å². The normalized spacial score (nSPS) is 19.9. The fourth-order valence-electron chi connectivity index (χ4n) is 3.18. The smallest absolute Gasteiger partial charge is 0.221 e. The Bertz CT molecular complexity index is 585. The fourth-order valence-corrected chi connectivity index (χ4v) is 3.18. The number of rotatable bonds is 5. The van der Waals surface area contributed by atoms with E-state index in [1.165, 1.54) is 0 Å². The molecular weight excluding hydrogens is 318 g/mol. The number of nitrogens with zero attached hydrogens (tertiary/aromatic N) is 2. The number of benzene rings is 1. The molecule has 1 atom stereocenters. The molecule has 0 spiro atoms. The Morgan fingerprint density at radius 1 is 1.16 bits per heavy atom. The van der Waals surface area contributed by atoms with E-state index in [1.807, 2.05) is 25.1 Å². The number of piperazine rings is 1. The predicted molar refractivity (Wildman–Crippen MR) is 97.2 cm³/mol. The van der Waals surface area contributed by atoms with Gasteiger partial charge in [0, 0.05) is 45.6 Å².